The first-order chi connectivity index (χ1) is 13.5. The molecule has 0 spiro atoms. The molecule has 3 unspecified atom stereocenters. The molecule has 2 nitrogen and oxygen atoms in total. The van der Waals surface area contributed by atoms with Gasteiger partial charge >= 0.3 is 5.97 Å². The van der Waals surface area contributed by atoms with Crippen molar-refractivity contribution in [2.45, 2.75) is 32.3 Å². The van der Waals surface area contributed by atoms with E-state index < -0.39 is 5.60 Å². The lowest BCUT2D eigenvalue weighted by atomic mass is 9.89. The predicted octanol–water partition coefficient (Wildman–Crippen LogP) is 6.40. The number of carbonyl (C=O) groups excluding carboxylic acids is 1. The molecule has 0 bridgehead atoms. The van der Waals surface area contributed by atoms with Crippen molar-refractivity contribution >= 4 is 26.5 Å². The molecule has 0 saturated carbocycles. The molecule has 3 atom stereocenters. The van der Waals surface area contributed by atoms with E-state index in [0.717, 1.165) is 17.7 Å². The smallest absolute Gasteiger partial charge is 0.339 e. The minimum Gasteiger partial charge on any atom is -0.442 e. The molecule has 28 heavy (non-hydrogen) atoms. The van der Waals surface area contributed by atoms with E-state index in [0.29, 0.717) is 5.56 Å². The molecule has 0 aliphatic heterocycles. The number of fused-ring (bicyclic) bond motifs is 1. The molecule has 1 heterocycles. The first kappa shape index (κ1) is 18.5. The summed E-state index contributed by atoms with van der Waals surface area (Å²) in [6.45, 7) is 3.97. The average Bonchev–Trinajstić information content (AvgIpc) is 3.37. The Morgan fingerprint density at radius 2 is 2.07 bits per heavy atom. The van der Waals surface area contributed by atoms with Gasteiger partial charge in [-0.1, -0.05) is 36.3 Å². The summed E-state index contributed by atoms with van der Waals surface area (Å²) < 4.78 is 7.13. The molecule has 0 radical (unpaired) electrons. The van der Waals surface area contributed by atoms with Gasteiger partial charge in [0.1, 0.15) is 5.38 Å². The Hall–Kier alpha value is -2.83. The number of allylic oxidation sites excluding steroid dienone is 1. The Balaban J connectivity index is 1.66. The molecule has 1 aliphatic carbocycles. The Labute approximate surface area is 168 Å². The third-order valence-corrected chi connectivity index (χ3v) is 7.66. The van der Waals surface area contributed by atoms with Crippen LogP contribution in [0, 0.1) is 25.2 Å². The van der Waals surface area contributed by atoms with Gasteiger partial charge in [0.2, 0.25) is 0 Å². The Morgan fingerprint density at radius 3 is 2.82 bits per heavy atom. The van der Waals surface area contributed by atoms with Gasteiger partial charge in [-0.15, -0.1) is 6.42 Å². The second-order valence-electron chi connectivity index (χ2n) is 7.42. The lowest BCUT2D eigenvalue weighted by Gasteiger charge is -2.29. The van der Waals surface area contributed by atoms with Gasteiger partial charge in [-0.3, -0.25) is 0 Å². The molecule has 0 amide bonds. The third-order valence-electron chi connectivity index (χ3n) is 5.48. The number of benzene rings is 2. The molecular formula is C25H23O2S+. The van der Waals surface area contributed by atoms with Gasteiger partial charge in [0.15, 0.2) is 15.2 Å². The second-order valence-corrected chi connectivity index (χ2v) is 9.24. The van der Waals surface area contributed by atoms with Crippen LogP contribution in [0.15, 0.2) is 66.1 Å². The van der Waals surface area contributed by atoms with Gasteiger partial charge in [0, 0.05) is 33.4 Å². The lowest BCUT2D eigenvalue weighted by Crippen LogP contribution is -2.36. The highest BCUT2D eigenvalue weighted by Crippen LogP contribution is 2.42. The Bertz CT molecular complexity index is 1120. The van der Waals surface area contributed by atoms with Crippen LogP contribution in [0.1, 0.15) is 35.7 Å². The molecule has 2 aromatic carbocycles. The maximum Gasteiger partial charge on any atom is 0.339 e. The zero-order valence-corrected chi connectivity index (χ0v) is 17.0. The molecule has 3 heteroatoms. The minimum absolute atomic E-state index is 0.0683. The van der Waals surface area contributed by atoms with Crippen LogP contribution in [-0.4, -0.2) is 11.6 Å². The van der Waals surface area contributed by atoms with Crippen LogP contribution in [0.2, 0.25) is 0 Å². The number of aryl methyl sites for hydroxylation is 1. The van der Waals surface area contributed by atoms with Crippen LogP contribution >= 0.6 is 10.5 Å². The summed E-state index contributed by atoms with van der Waals surface area (Å²) in [5, 5.41) is 3.57. The summed E-state index contributed by atoms with van der Waals surface area (Å²) in [6, 6.07) is 16.2. The van der Waals surface area contributed by atoms with Crippen molar-refractivity contribution < 1.29 is 9.53 Å². The second kappa shape index (κ2) is 7.30. The Morgan fingerprint density at radius 1 is 1.25 bits per heavy atom. The number of carbonyl (C=O) groups is 1. The van der Waals surface area contributed by atoms with Crippen LogP contribution in [0.5, 0.6) is 0 Å². The van der Waals surface area contributed by atoms with E-state index in [-0.39, 0.29) is 22.4 Å². The van der Waals surface area contributed by atoms with Crippen LogP contribution in [0.4, 0.5) is 0 Å². The van der Waals surface area contributed by atoms with Crippen LogP contribution < -0.4 is 0 Å². The highest BCUT2D eigenvalue weighted by molar-refractivity contribution is 7.43. The third kappa shape index (κ3) is 3.25. The Kier molecular flexibility index (Phi) is 4.83. The zero-order chi connectivity index (χ0) is 19.7. The largest absolute Gasteiger partial charge is 0.442 e. The quantitative estimate of drug-likeness (QED) is 0.224. The maximum atomic E-state index is 12.9. The van der Waals surface area contributed by atoms with Gasteiger partial charge in [-0.05, 0) is 51.0 Å². The predicted molar refractivity (Wildman–Crippen MR) is 117 cm³/mol. The van der Waals surface area contributed by atoms with Gasteiger partial charge in [-0.2, -0.15) is 0 Å². The van der Waals surface area contributed by atoms with Crippen molar-refractivity contribution in [3.8, 4) is 17.2 Å². The molecule has 0 N–H and O–H groups in total. The standard InChI is InChI=1S/C25H23O2S/c1-4-25(3,20-11-5-6-12-20)27-24(26)19-10-9-13-21(16-19)28-17-18(2)22-14-7-8-15-23(22)28/h1,5,7-11,13-17,20H,6,12H2,2-3H3/q+1. The highest BCUT2D eigenvalue weighted by atomic mass is 32.2. The summed E-state index contributed by atoms with van der Waals surface area (Å²) in [5.74, 6) is 2.41. The summed E-state index contributed by atoms with van der Waals surface area (Å²) >= 11 is 0. The van der Waals surface area contributed by atoms with E-state index in [1.54, 1.807) is 6.07 Å². The normalized spacial score (nSPS) is 18.6. The fourth-order valence-electron chi connectivity index (χ4n) is 3.80. The summed E-state index contributed by atoms with van der Waals surface area (Å²) in [5.41, 5.74) is 0.905. The van der Waals surface area contributed by atoms with E-state index in [2.05, 4.69) is 60.7 Å². The van der Waals surface area contributed by atoms with Crippen molar-refractivity contribution in [1.29, 1.82) is 0 Å². The van der Waals surface area contributed by atoms with E-state index in [1.807, 2.05) is 19.1 Å². The van der Waals surface area contributed by atoms with Crippen molar-refractivity contribution in [2.75, 3.05) is 0 Å². The summed E-state index contributed by atoms with van der Waals surface area (Å²) in [4.78, 5) is 14.0. The number of terminal acetylenes is 1. The summed E-state index contributed by atoms with van der Waals surface area (Å²) in [6.07, 6.45) is 11.8. The average molecular weight is 388 g/mol. The lowest BCUT2D eigenvalue weighted by molar-refractivity contribution is -0.000687. The van der Waals surface area contributed by atoms with E-state index in [9.17, 15) is 4.79 Å². The van der Waals surface area contributed by atoms with Crippen molar-refractivity contribution in [3.63, 3.8) is 0 Å². The van der Waals surface area contributed by atoms with Gasteiger partial charge < -0.3 is 4.74 Å². The summed E-state index contributed by atoms with van der Waals surface area (Å²) in [7, 11) is -0.171. The number of ether oxygens (including phenoxy) is 1. The van der Waals surface area contributed by atoms with E-state index in [1.165, 1.54) is 15.6 Å². The maximum absolute atomic E-state index is 12.9. The molecule has 1 aromatic heterocycles. The molecule has 4 rings (SSSR count). The topological polar surface area (TPSA) is 26.3 Å². The van der Waals surface area contributed by atoms with Gasteiger partial charge in [0.05, 0.1) is 5.56 Å². The van der Waals surface area contributed by atoms with E-state index >= 15 is 0 Å². The van der Waals surface area contributed by atoms with Gasteiger partial charge in [-0.25, -0.2) is 4.79 Å². The van der Waals surface area contributed by atoms with Crippen LogP contribution in [-0.2, 0) is 4.74 Å². The number of rotatable bonds is 4. The fourth-order valence-corrected chi connectivity index (χ4v) is 5.97. The van der Waals surface area contributed by atoms with Crippen LogP contribution in [0.25, 0.3) is 15.0 Å². The molecule has 0 fully saturated rings. The van der Waals surface area contributed by atoms with Crippen molar-refractivity contribution in [2.24, 2.45) is 5.92 Å². The fraction of sp³-hybridized carbons (Fsp3) is 0.240. The molecular weight excluding hydrogens is 364 g/mol. The number of thiophene rings is 1. The zero-order valence-electron chi connectivity index (χ0n) is 16.1. The minimum atomic E-state index is -0.918. The SMILES string of the molecule is C#CC(C)(OC(=O)c1cccc(-[s+]2cc(C)c3ccccc32)c1)C1C=CCC1. The van der Waals surface area contributed by atoms with Gasteiger partial charge in [0.25, 0.3) is 0 Å². The first-order valence-corrected chi connectivity index (χ1v) is 10.8. The van der Waals surface area contributed by atoms with Crippen molar-refractivity contribution in [3.05, 3.63) is 77.2 Å². The number of esters is 1. The highest BCUT2D eigenvalue weighted by Gasteiger charge is 2.36. The molecule has 1 aliphatic rings. The number of hydrogen-bond acceptors (Lipinski definition) is 2. The molecule has 140 valence electrons. The number of hydrogen-bond donors (Lipinski definition) is 0. The molecule has 3 aromatic rings. The van der Waals surface area contributed by atoms with E-state index in [4.69, 9.17) is 11.2 Å². The van der Waals surface area contributed by atoms with Crippen molar-refractivity contribution in [1.82, 2.24) is 0 Å². The molecule has 0 saturated heterocycles. The monoisotopic (exact) mass is 387 g/mol. The first-order valence-electron chi connectivity index (χ1n) is 9.50. The van der Waals surface area contributed by atoms with Crippen LogP contribution in [0.3, 0.4) is 0 Å².